The molecular formula is C15H16F2N2O3. The van der Waals surface area contributed by atoms with Crippen molar-refractivity contribution in [2.45, 2.75) is 37.6 Å². The van der Waals surface area contributed by atoms with E-state index in [-0.39, 0.29) is 25.4 Å². The van der Waals surface area contributed by atoms with Gasteiger partial charge in [0.25, 0.3) is 11.8 Å². The van der Waals surface area contributed by atoms with Crippen LogP contribution in [-0.4, -0.2) is 30.4 Å². The summed E-state index contributed by atoms with van der Waals surface area (Å²) in [6.45, 7) is -0.104. The third-order valence-corrected chi connectivity index (χ3v) is 3.85. The molecule has 1 saturated carbocycles. The largest absolute Gasteiger partial charge is 0.482 e. The predicted molar refractivity (Wildman–Crippen MR) is 75.2 cm³/mol. The zero-order valence-corrected chi connectivity index (χ0v) is 11.8. The Labute approximate surface area is 126 Å². The smallest absolute Gasteiger partial charge is 0.262 e. The van der Waals surface area contributed by atoms with Crippen LogP contribution in [0.4, 0.5) is 14.5 Å². The van der Waals surface area contributed by atoms with Crippen molar-refractivity contribution >= 4 is 17.5 Å². The Morgan fingerprint density at radius 2 is 2.23 bits per heavy atom. The lowest BCUT2D eigenvalue weighted by Gasteiger charge is -2.29. The number of ether oxygens (including phenoxy) is 1. The fraction of sp³-hybridized carbons (Fsp3) is 0.467. The highest BCUT2D eigenvalue weighted by Gasteiger charge is 2.36. The molecule has 0 aromatic heterocycles. The number of fused-ring (bicyclic) bond motifs is 1. The van der Waals surface area contributed by atoms with Gasteiger partial charge in [-0.1, -0.05) is 0 Å². The maximum atomic E-state index is 13.4. The van der Waals surface area contributed by atoms with E-state index in [1.54, 1.807) is 6.07 Å². The molecule has 1 aromatic carbocycles. The number of carbonyl (C=O) groups is 2. The first kappa shape index (κ1) is 14.7. The minimum Gasteiger partial charge on any atom is -0.482 e. The van der Waals surface area contributed by atoms with E-state index in [1.165, 1.54) is 12.1 Å². The van der Waals surface area contributed by atoms with Crippen LogP contribution >= 0.6 is 0 Å². The number of benzene rings is 1. The van der Waals surface area contributed by atoms with Gasteiger partial charge in [0.15, 0.2) is 6.61 Å². The van der Waals surface area contributed by atoms with Crippen LogP contribution in [0.25, 0.3) is 0 Å². The molecule has 1 heterocycles. The summed E-state index contributed by atoms with van der Waals surface area (Å²) in [7, 11) is 0. The average Bonchev–Trinajstić information content (AvgIpc) is 2.45. The van der Waals surface area contributed by atoms with Crippen molar-refractivity contribution in [1.82, 2.24) is 5.32 Å². The Hall–Kier alpha value is -2.18. The minimum absolute atomic E-state index is 0.104. The number of hydrogen-bond donors (Lipinski definition) is 2. The quantitative estimate of drug-likeness (QED) is 0.881. The lowest BCUT2D eigenvalue weighted by Crippen LogP contribution is -2.42. The van der Waals surface area contributed by atoms with E-state index in [4.69, 9.17) is 4.74 Å². The van der Waals surface area contributed by atoms with Gasteiger partial charge in [-0.15, -0.1) is 0 Å². The van der Waals surface area contributed by atoms with Crippen molar-refractivity contribution in [1.29, 1.82) is 0 Å². The highest BCUT2D eigenvalue weighted by molar-refractivity contribution is 5.99. The number of amides is 2. The van der Waals surface area contributed by atoms with Crippen LogP contribution in [0, 0.1) is 0 Å². The van der Waals surface area contributed by atoms with Crippen molar-refractivity contribution < 1.29 is 23.1 Å². The standard InChI is InChI=1S/C15H16F2N2O3/c16-15(17)5-1-2-10(7-15)18-14(21)9-3-4-11-12(6-9)22-8-13(20)19-11/h3-4,6,10H,1-2,5,7-8H2,(H,18,21)(H,19,20). The second-order valence-electron chi connectivity index (χ2n) is 5.67. The summed E-state index contributed by atoms with van der Waals surface area (Å²) in [5.74, 6) is -2.97. The summed E-state index contributed by atoms with van der Waals surface area (Å²) in [5, 5.41) is 5.27. The molecule has 7 heteroatoms. The maximum absolute atomic E-state index is 13.4. The van der Waals surface area contributed by atoms with Crippen LogP contribution in [0.5, 0.6) is 5.75 Å². The molecule has 1 aliphatic carbocycles. The molecule has 1 aromatic rings. The molecule has 0 bridgehead atoms. The molecule has 3 rings (SSSR count). The van der Waals surface area contributed by atoms with Gasteiger partial charge in [0.1, 0.15) is 5.75 Å². The molecular weight excluding hydrogens is 294 g/mol. The van der Waals surface area contributed by atoms with Crippen molar-refractivity contribution in [3.05, 3.63) is 23.8 Å². The fourth-order valence-corrected chi connectivity index (χ4v) is 2.78. The predicted octanol–water partition coefficient (Wildman–Crippen LogP) is 2.33. The summed E-state index contributed by atoms with van der Waals surface area (Å²) in [4.78, 5) is 23.4. The Morgan fingerprint density at radius 3 is 3.00 bits per heavy atom. The molecule has 0 saturated heterocycles. The minimum atomic E-state index is -2.71. The first-order valence-electron chi connectivity index (χ1n) is 7.18. The van der Waals surface area contributed by atoms with Gasteiger partial charge < -0.3 is 15.4 Å². The topological polar surface area (TPSA) is 67.4 Å². The second-order valence-corrected chi connectivity index (χ2v) is 5.67. The Morgan fingerprint density at radius 1 is 1.41 bits per heavy atom. The monoisotopic (exact) mass is 310 g/mol. The van der Waals surface area contributed by atoms with Crippen LogP contribution in [0.3, 0.4) is 0 Å². The highest BCUT2D eigenvalue weighted by Crippen LogP contribution is 2.33. The van der Waals surface area contributed by atoms with Crippen molar-refractivity contribution in [2.24, 2.45) is 0 Å². The zero-order chi connectivity index (χ0) is 15.7. The van der Waals surface area contributed by atoms with Crippen molar-refractivity contribution in [2.75, 3.05) is 11.9 Å². The lowest BCUT2D eigenvalue weighted by atomic mass is 9.92. The zero-order valence-electron chi connectivity index (χ0n) is 11.8. The molecule has 1 unspecified atom stereocenters. The van der Waals surface area contributed by atoms with Crippen LogP contribution in [0.15, 0.2) is 18.2 Å². The molecule has 5 nitrogen and oxygen atoms in total. The van der Waals surface area contributed by atoms with Gasteiger partial charge in [-0.05, 0) is 31.0 Å². The molecule has 0 radical (unpaired) electrons. The number of alkyl halides is 2. The molecule has 2 aliphatic rings. The third-order valence-electron chi connectivity index (χ3n) is 3.85. The summed E-state index contributed by atoms with van der Waals surface area (Å²) in [6, 6.07) is 4.08. The molecule has 2 amide bonds. The van der Waals surface area contributed by atoms with Gasteiger partial charge in [0.05, 0.1) is 5.69 Å². The highest BCUT2D eigenvalue weighted by atomic mass is 19.3. The van der Waals surface area contributed by atoms with Gasteiger partial charge in [0.2, 0.25) is 5.92 Å². The summed E-state index contributed by atoms with van der Waals surface area (Å²) in [6.07, 6.45) is 0.512. The summed E-state index contributed by atoms with van der Waals surface area (Å²) >= 11 is 0. The van der Waals surface area contributed by atoms with Crippen LogP contribution in [-0.2, 0) is 4.79 Å². The summed E-state index contributed by atoms with van der Waals surface area (Å²) in [5.41, 5.74) is 0.820. The first-order valence-corrected chi connectivity index (χ1v) is 7.18. The number of hydrogen-bond acceptors (Lipinski definition) is 3. The number of anilines is 1. The van der Waals surface area contributed by atoms with Gasteiger partial charge >= 0.3 is 0 Å². The van der Waals surface area contributed by atoms with E-state index >= 15 is 0 Å². The molecule has 1 fully saturated rings. The number of carbonyl (C=O) groups excluding carboxylic acids is 2. The van der Waals surface area contributed by atoms with E-state index in [9.17, 15) is 18.4 Å². The normalized spacial score (nSPS) is 23.0. The molecule has 118 valence electrons. The van der Waals surface area contributed by atoms with Crippen molar-refractivity contribution in [3.8, 4) is 5.75 Å². The second kappa shape index (κ2) is 5.55. The van der Waals surface area contributed by atoms with E-state index in [0.717, 1.165) is 0 Å². The lowest BCUT2D eigenvalue weighted by molar-refractivity contribution is -0.118. The number of halogens is 2. The molecule has 1 aliphatic heterocycles. The van der Waals surface area contributed by atoms with Gasteiger partial charge in [-0.25, -0.2) is 8.78 Å². The van der Waals surface area contributed by atoms with E-state index in [2.05, 4.69) is 10.6 Å². The first-order chi connectivity index (χ1) is 10.4. The number of nitrogens with one attached hydrogen (secondary N) is 2. The van der Waals surface area contributed by atoms with Gasteiger partial charge in [0, 0.05) is 24.4 Å². The molecule has 0 spiro atoms. The van der Waals surface area contributed by atoms with Gasteiger partial charge in [-0.3, -0.25) is 9.59 Å². The van der Waals surface area contributed by atoms with Crippen molar-refractivity contribution in [3.63, 3.8) is 0 Å². The van der Waals surface area contributed by atoms with E-state index < -0.39 is 17.9 Å². The Balaban J connectivity index is 1.69. The third kappa shape index (κ3) is 3.18. The van der Waals surface area contributed by atoms with Gasteiger partial charge in [-0.2, -0.15) is 0 Å². The van der Waals surface area contributed by atoms with Crippen LogP contribution < -0.4 is 15.4 Å². The van der Waals surface area contributed by atoms with Crippen LogP contribution in [0.1, 0.15) is 36.0 Å². The maximum Gasteiger partial charge on any atom is 0.262 e. The molecule has 2 N–H and O–H groups in total. The average molecular weight is 310 g/mol. The van der Waals surface area contributed by atoms with E-state index in [0.29, 0.717) is 29.8 Å². The molecule has 22 heavy (non-hydrogen) atoms. The fourth-order valence-electron chi connectivity index (χ4n) is 2.78. The summed E-state index contributed by atoms with van der Waals surface area (Å²) < 4.78 is 32.0. The van der Waals surface area contributed by atoms with E-state index in [1.807, 2.05) is 0 Å². The SMILES string of the molecule is O=C1COc2cc(C(=O)NC3CCCC(F)(F)C3)ccc2N1. The van der Waals surface area contributed by atoms with Crippen LogP contribution in [0.2, 0.25) is 0 Å². The Bertz CT molecular complexity index is 619. The number of rotatable bonds is 2. The Kier molecular flexibility index (Phi) is 3.72. The molecule has 1 atom stereocenters.